The van der Waals surface area contributed by atoms with Gasteiger partial charge in [0.2, 0.25) is 0 Å². The number of hydrogen-bond acceptors (Lipinski definition) is 3. The molecule has 18 heavy (non-hydrogen) atoms. The van der Waals surface area contributed by atoms with Crippen LogP contribution in [0.3, 0.4) is 0 Å². The molecule has 100 valence electrons. The maximum atomic E-state index is 12.8. The monoisotopic (exact) mass is 252 g/mol. The minimum absolute atomic E-state index is 0.159. The lowest BCUT2D eigenvalue weighted by atomic mass is 10.0. The van der Waals surface area contributed by atoms with Crippen LogP contribution in [0, 0.1) is 0 Å². The van der Waals surface area contributed by atoms with Crippen LogP contribution in [0.4, 0.5) is 4.39 Å². The predicted molar refractivity (Wildman–Crippen MR) is 70.8 cm³/mol. The van der Waals surface area contributed by atoms with E-state index in [9.17, 15) is 4.39 Å². The zero-order valence-corrected chi connectivity index (χ0v) is 10.9. The predicted octanol–water partition coefficient (Wildman–Crippen LogP) is 2.00. The van der Waals surface area contributed by atoms with Gasteiger partial charge in [-0.1, -0.05) is 12.1 Å². The van der Waals surface area contributed by atoms with Crippen molar-refractivity contribution in [3.05, 3.63) is 29.8 Å². The third-order valence-electron chi connectivity index (χ3n) is 3.45. The third-order valence-corrected chi connectivity index (χ3v) is 3.45. The van der Waals surface area contributed by atoms with Crippen molar-refractivity contribution < 1.29 is 9.13 Å². The van der Waals surface area contributed by atoms with Gasteiger partial charge >= 0.3 is 0 Å². The number of rotatable bonds is 5. The zero-order chi connectivity index (χ0) is 12.8. The van der Waals surface area contributed by atoms with Crippen LogP contribution in [0.5, 0.6) is 5.75 Å². The number of alkyl halides is 1. The molecule has 0 spiro atoms. The molecule has 0 saturated carbocycles. The van der Waals surface area contributed by atoms with Crippen LogP contribution in [0.15, 0.2) is 24.3 Å². The average molecular weight is 252 g/mol. The molecule has 0 aliphatic carbocycles. The first kappa shape index (κ1) is 13.3. The van der Waals surface area contributed by atoms with Crippen LogP contribution in [-0.4, -0.2) is 44.9 Å². The fourth-order valence-corrected chi connectivity index (χ4v) is 2.51. The summed E-state index contributed by atoms with van der Waals surface area (Å²) in [5.41, 5.74) is 1.15. The molecule has 1 N–H and O–H groups in total. The van der Waals surface area contributed by atoms with Gasteiger partial charge in [0, 0.05) is 32.2 Å². The van der Waals surface area contributed by atoms with E-state index < -0.39 is 0 Å². The minimum atomic E-state index is -0.286. The highest BCUT2D eigenvalue weighted by molar-refractivity contribution is 5.30. The summed E-state index contributed by atoms with van der Waals surface area (Å²) in [6.45, 7) is 3.62. The number of methoxy groups -OCH3 is 1. The molecule has 1 fully saturated rings. The van der Waals surface area contributed by atoms with Crippen molar-refractivity contribution in [2.24, 2.45) is 0 Å². The summed E-state index contributed by atoms with van der Waals surface area (Å²) in [4.78, 5) is 2.35. The summed E-state index contributed by atoms with van der Waals surface area (Å²) in [6.07, 6.45) is 0.549. The van der Waals surface area contributed by atoms with Crippen molar-refractivity contribution >= 4 is 0 Å². The van der Waals surface area contributed by atoms with Crippen molar-refractivity contribution in [3.63, 3.8) is 0 Å². The van der Waals surface area contributed by atoms with Gasteiger partial charge in [-0.3, -0.25) is 9.29 Å². The lowest BCUT2D eigenvalue weighted by Gasteiger charge is -2.35. The van der Waals surface area contributed by atoms with E-state index in [0.29, 0.717) is 6.42 Å². The Morgan fingerprint density at radius 2 is 2.17 bits per heavy atom. The SMILES string of the molecule is COc1cccc([C@@H](CCF)N2CCNCC2)c1. The van der Waals surface area contributed by atoms with Gasteiger partial charge in [-0.15, -0.1) is 0 Å². The van der Waals surface area contributed by atoms with Gasteiger partial charge in [-0.25, -0.2) is 0 Å². The van der Waals surface area contributed by atoms with E-state index in [1.54, 1.807) is 7.11 Å². The lowest BCUT2D eigenvalue weighted by molar-refractivity contribution is 0.157. The smallest absolute Gasteiger partial charge is 0.119 e. The first-order valence-electron chi connectivity index (χ1n) is 6.50. The van der Waals surface area contributed by atoms with E-state index in [4.69, 9.17) is 4.74 Å². The van der Waals surface area contributed by atoms with Crippen molar-refractivity contribution in [3.8, 4) is 5.75 Å². The fourth-order valence-electron chi connectivity index (χ4n) is 2.51. The molecule has 1 saturated heterocycles. The van der Waals surface area contributed by atoms with Gasteiger partial charge in [-0.05, 0) is 24.1 Å². The fraction of sp³-hybridized carbons (Fsp3) is 0.571. The van der Waals surface area contributed by atoms with Crippen LogP contribution >= 0.6 is 0 Å². The Morgan fingerprint density at radius 3 is 2.83 bits per heavy atom. The largest absolute Gasteiger partial charge is 0.497 e. The molecule has 0 unspecified atom stereocenters. The third kappa shape index (κ3) is 3.21. The van der Waals surface area contributed by atoms with Crippen LogP contribution in [0.2, 0.25) is 0 Å². The second-order valence-corrected chi connectivity index (χ2v) is 4.56. The molecular formula is C14H21FN2O. The molecule has 0 bridgehead atoms. The zero-order valence-electron chi connectivity index (χ0n) is 10.9. The van der Waals surface area contributed by atoms with Gasteiger partial charge in [-0.2, -0.15) is 0 Å². The highest BCUT2D eigenvalue weighted by Crippen LogP contribution is 2.27. The van der Waals surface area contributed by atoms with Gasteiger partial charge in [0.15, 0.2) is 0 Å². The molecule has 2 rings (SSSR count). The normalized spacial score (nSPS) is 18.6. The van der Waals surface area contributed by atoms with Gasteiger partial charge in [0.05, 0.1) is 13.8 Å². The molecule has 0 aromatic heterocycles. The Kier molecular flexibility index (Phi) is 4.96. The van der Waals surface area contributed by atoms with E-state index in [1.165, 1.54) is 0 Å². The number of ether oxygens (including phenoxy) is 1. The molecule has 1 atom stereocenters. The van der Waals surface area contributed by atoms with Gasteiger partial charge in [0.25, 0.3) is 0 Å². The van der Waals surface area contributed by atoms with Crippen molar-refractivity contribution in [2.45, 2.75) is 12.5 Å². The van der Waals surface area contributed by atoms with E-state index in [1.807, 2.05) is 18.2 Å². The summed E-state index contributed by atoms with van der Waals surface area (Å²) < 4.78 is 18.0. The number of benzene rings is 1. The van der Waals surface area contributed by atoms with Crippen LogP contribution in [0.1, 0.15) is 18.0 Å². The van der Waals surface area contributed by atoms with Crippen LogP contribution in [0.25, 0.3) is 0 Å². The number of halogens is 1. The first-order chi connectivity index (χ1) is 8.85. The molecule has 4 heteroatoms. The molecule has 3 nitrogen and oxygen atoms in total. The molecule has 1 aliphatic heterocycles. The van der Waals surface area contributed by atoms with Crippen molar-refractivity contribution in [2.75, 3.05) is 40.0 Å². The van der Waals surface area contributed by atoms with E-state index in [2.05, 4.69) is 16.3 Å². The van der Waals surface area contributed by atoms with Gasteiger partial charge in [0.1, 0.15) is 5.75 Å². The maximum Gasteiger partial charge on any atom is 0.119 e. The Hall–Kier alpha value is -1.13. The summed E-state index contributed by atoms with van der Waals surface area (Å²) in [5, 5.41) is 3.33. The quantitative estimate of drug-likeness (QED) is 0.867. The number of piperazine rings is 1. The Morgan fingerprint density at radius 1 is 1.39 bits per heavy atom. The summed E-state index contributed by atoms with van der Waals surface area (Å²) in [6, 6.07) is 8.13. The van der Waals surface area contributed by atoms with Gasteiger partial charge < -0.3 is 10.1 Å². The van der Waals surface area contributed by atoms with E-state index in [-0.39, 0.29) is 12.7 Å². The number of nitrogens with one attached hydrogen (secondary N) is 1. The average Bonchev–Trinajstić information content (AvgIpc) is 2.46. The summed E-state index contributed by atoms with van der Waals surface area (Å²) in [5.74, 6) is 0.839. The second kappa shape index (κ2) is 6.71. The molecule has 1 aromatic rings. The lowest BCUT2D eigenvalue weighted by Crippen LogP contribution is -2.45. The molecule has 1 aromatic carbocycles. The van der Waals surface area contributed by atoms with E-state index >= 15 is 0 Å². The molecular weight excluding hydrogens is 231 g/mol. The Balaban J connectivity index is 2.16. The Labute approximate surface area is 108 Å². The van der Waals surface area contributed by atoms with Crippen molar-refractivity contribution in [1.29, 1.82) is 0 Å². The maximum absolute atomic E-state index is 12.8. The number of nitrogens with zero attached hydrogens (tertiary/aromatic N) is 1. The minimum Gasteiger partial charge on any atom is -0.497 e. The molecule has 1 heterocycles. The standard InChI is InChI=1S/C14H21FN2O/c1-18-13-4-2-3-12(11-13)14(5-6-15)17-9-7-16-8-10-17/h2-4,11,14,16H,5-10H2,1H3/t14-/m1/s1. The summed E-state index contributed by atoms with van der Waals surface area (Å²) in [7, 11) is 1.66. The highest BCUT2D eigenvalue weighted by atomic mass is 19.1. The first-order valence-corrected chi connectivity index (χ1v) is 6.50. The number of hydrogen-bond donors (Lipinski definition) is 1. The van der Waals surface area contributed by atoms with Crippen LogP contribution < -0.4 is 10.1 Å². The molecule has 0 radical (unpaired) electrons. The Bertz CT molecular complexity index is 367. The topological polar surface area (TPSA) is 24.5 Å². The van der Waals surface area contributed by atoms with E-state index in [0.717, 1.165) is 37.5 Å². The second-order valence-electron chi connectivity index (χ2n) is 4.56. The van der Waals surface area contributed by atoms with Crippen LogP contribution in [-0.2, 0) is 0 Å². The summed E-state index contributed by atoms with van der Waals surface area (Å²) >= 11 is 0. The highest BCUT2D eigenvalue weighted by Gasteiger charge is 2.22. The van der Waals surface area contributed by atoms with Crippen molar-refractivity contribution in [1.82, 2.24) is 10.2 Å². The molecule has 0 amide bonds. The molecule has 1 aliphatic rings.